The van der Waals surface area contributed by atoms with Gasteiger partial charge in [-0.3, -0.25) is 14.9 Å². The smallest absolute Gasteiger partial charge is 0.287 e. The molecule has 0 fully saturated rings. The van der Waals surface area contributed by atoms with Gasteiger partial charge >= 0.3 is 0 Å². The molecule has 0 spiro atoms. The summed E-state index contributed by atoms with van der Waals surface area (Å²) in [6.45, 7) is 0.312. The Balaban J connectivity index is 1.95. The Bertz CT molecular complexity index is 629. The number of nitro groups is 1. The summed E-state index contributed by atoms with van der Waals surface area (Å²) in [5, 5.41) is 16.7. The Morgan fingerprint density at radius 3 is 2.90 bits per heavy atom. The molecular formula is C11H9ClN4O4. The van der Waals surface area contributed by atoms with Gasteiger partial charge in [-0.1, -0.05) is 16.8 Å². The number of halogens is 1. The number of carbonyl (C=O) groups is 1. The molecule has 104 valence electrons. The standard InChI is InChI=1S/C11H9ClN4O4/c12-8-5-7(1-2-9(8)16(18)19)11(17)13-4-3-10-14-6-20-15-10/h1-2,5-6H,3-4H2,(H,13,17). The number of nitro benzene ring substituents is 1. The van der Waals surface area contributed by atoms with E-state index in [2.05, 4.69) is 20.0 Å². The fourth-order valence-electron chi connectivity index (χ4n) is 1.49. The summed E-state index contributed by atoms with van der Waals surface area (Å²) >= 11 is 5.73. The van der Waals surface area contributed by atoms with Crippen LogP contribution in [0.1, 0.15) is 16.2 Å². The fourth-order valence-corrected chi connectivity index (χ4v) is 1.74. The molecule has 1 N–H and O–H groups in total. The first kappa shape index (κ1) is 13.9. The highest BCUT2D eigenvalue weighted by atomic mass is 35.5. The molecule has 0 aliphatic carbocycles. The van der Waals surface area contributed by atoms with E-state index >= 15 is 0 Å². The summed E-state index contributed by atoms with van der Waals surface area (Å²) in [4.78, 5) is 25.6. The van der Waals surface area contributed by atoms with Gasteiger partial charge in [-0.25, -0.2) is 0 Å². The van der Waals surface area contributed by atoms with Crippen LogP contribution in [0.25, 0.3) is 0 Å². The van der Waals surface area contributed by atoms with Crippen LogP contribution in [0.3, 0.4) is 0 Å². The summed E-state index contributed by atoms with van der Waals surface area (Å²) in [7, 11) is 0. The quantitative estimate of drug-likeness (QED) is 0.662. The number of nitrogens with zero attached hydrogens (tertiary/aromatic N) is 3. The zero-order valence-corrected chi connectivity index (χ0v) is 10.8. The van der Waals surface area contributed by atoms with E-state index in [0.29, 0.717) is 18.8 Å². The van der Waals surface area contributed by atoms with E-state index in [-0.39, 0.29) is 22.2 Å². The Kier molecular flexibility index (Phi) is 4.26. The highest BCUT2D eigenvalue weighted by Crippen LogP contribution is 2.24. The zero-order valence-electron chi connectivity index (χ0n) is 10.1. The molecule has 1 amide bonds. The second-order valence-corrected chi connectivity index (χ2v) is 4.18. The van der Waals surface area contributed by atoms with E-state index in [1.165, 1.54) is 24.6 Å². The summed E-state index contributed by atoms with van der Waals surface area (Å²) in [5.41, 5.74) is 0.00345. The molecule has 20 heavy (non-hydrogen) atoms. The van der Waals surface area contributed by atoms with Gasteiger partial charge in [0.15, 0.2) is 5.82 Å². The number of rotatable bonds is 5. The molecule has 0 saturated heterocycles. The predicted molar refractivity (Wildman–Crippen MR) is 68.4 cm³/mol. The third-order valence-electron chi connectivity index (χ3n) is 2.45. The molecule has 1 aromatic carbocycles. The molecule has 9 heteroatoms. The molecule has 0 atom stereocenters. The molecule has 8 nitrogen and oxygen atoms in total. The maximum absolute atomic E-state index is 11.8. The molecular weight excluding hydrogens is 288 g/mol. The summed E-state index contributed by atoms with van der Waals surface area (Å²) in [6.07, 6.45) is 1.62. The minimum atomic E-state index is -0.611. The highest BCUT2D eigenvalue weighted by molar-refractivity contribution is 6.33. The first-order valence-corrected chi connectivity index (χ1v) is 5.93. The zero-order chi connectivity index (χ0) is 14.5. The Morgan fingerprint density at radius 1 is 1.50 bits per heavy atom. The lowest BCUT2D eigenvalue weighted by atomic mass is 10.2. The predicted octanol–water partition coefficient (Wildman–Crippen LogP) is 1.60. The SMILES string of the molecule is O=C(NCCc1ncon1)c1ccc([N+](=O)[O-])c(Cl)c1. The van der Waals surface area contributed by atoms with Crippen molar-refractivity contribution in [3.8, 4) is 0 Å². The average molecular weight is 297 g/mol. The van der Waals surface area contributed by atoms with Crippen molar-refractivity contribution in [2.75, 3.05) is 6.54 Å². The van der Waals surface area contributed by atoms with Gasteiger partial charge in [-0.15, -0.1) is 0 Å². The largest absolute Gasteiger partial charge is 0.352 e. The molecule has 2 rings (SSSR count). The first-order valence-electron chi connectivity index (χ1n) is 5.55. The topological polar surface area (TPSA) is 111 Å². The number of amides is 1. The molecule has 1 aromatic heterocycles. The van der Waals surface area contributed by atoms with Crippen molar-refractivity contribution in [3.05, 3.63) is 51.1 Å². The van der Waals surface area contributed by atoms with Crippen molar-refractivity contribution in [1.82, 2.24) is 15.5 Å². The minimum absolute atomic E-state index is 0.0826. The highest BCUT2D eigenvalue weighted by Gasteiger charge is 2.15. The molecule has 0 radical (unpaired) electrons. The number of hydrogen-bond donors (Lipinski definition) is 1. The maximum atomic E-state index is 11.8. The van der Waals surface area contributed by atoms with E-state index < -0.39 is 4.92 Å². The van der Waals surface area contributed by atoms with Crippen LogP contribution >= 0.6 is 11.6 Å². The van der Waals surface area contributed by atoms with Gasteiger partial charge in [0.25, 0.3) is 11.6 Å². The van der Waals surface area contributed by atoms with Crippen LogP contribution in [0.2, 0.25) is 5.02 Å². The average Bonchev–Trinajstić information content (AvgIpc) is 2.91. The van der Waals surface area contributed by atoms with Crippen molar-refractivity contribution >= 4 is 23.2 Å². The van der Waals surface area contributed by atoms with Crippen LogP contribution in [0.4, 0.5) is 5.69 Å². The molecule has 0 aliphatic heterocycles. The molecule has 0 unspecified atom stereocenters. The normalized spacial score (nSPS) is 10.2. The van der Waals surface area contributed by atoms with Crippen molar-refractivity contribution < 1.29 is 14.2 Å². The van der Waals surface area contributed by atoms with Crippen molar-refractivity contribution in [2.24, 2.45) is 0 Å². The van der Waals surface area contributed by atoms with E-state index in [0.717, 1.165) is 0 Å². The number of hydrogen-bond acceptors (Lipinski definition) is 6. The van der Waals surface area contributed by atoms with Crippen LogP contribution in [-0.2, 0) is 6.42 Å². The van der Waals surface area contributed by atoms with Crippen LogP contribution in [-0.4, -0.2) is 27.5 Å². The molecule has 0 aliphatic rings. The number of benzene rings is 1. The lowest BCUT2D eigenvalue weighted by molar-refractivity contribution is -0.384. The van der Waals surface area contributed by atoms with E-state index in [9.17, 15) is 14.9 Å². The lowest BCUT2D eigenvalue weighted by Gasteiger charge is -2.04. The van der Waals surface area contributed by atoms with Crippen LogP contribution in [0.5, 0.6) is 0 Å². The third-order valence-corrected chi connectivity index (χ3v) is 2.75. The van der Waals surface area contributed by atoms with Gasteiger partial charge < -0.3 is 9.84 Å². The Morgan fingerprint density at radius 2 is 2.30 bits per heavy atom. The lowest BCUT2D eigenvalue weighted by Crippen LogP contribution is -2.25. The van der Waals surface area contributed by atoms with Gasteiger partial charge in [-0.2, -0.15) is 4.98 Å². The molecule has 0 saturated carbocycles. The van der Waals surface area contributed by atoms with Gasteiger partial charge in [-0.05, 0) is 12.1 Å². The molecule has 1 heterocycles. The minimum Gasteiger partial charge on any atom is -0.352 e. The van der Waals surface area contributed by atoms with Crippen molar-refractivity contribution in [3.63, 3.8) is 0 Å². The second-order valence-electron chi connectivity index (χ2n) is 3.78. The van der Waals surface area contributed by atoms with Crippen molar-refractivity contribution in [1.29, 1.82) is 0 Å². The Labute approximate surface area is 117 Å². The van der Waals surface area contributed by atoms with Crippen LogP contribution < -0.4 is 5.32 Å². The number of aromatic nitrogens is 2. The Hall–Kier alpha value is -2.48. The van der Waals surface area contributed by atoms with Crippen LogP contribution in [0, 0.1) is 10.1 Å². The fraction of sp³-hybridized carbons (Fsp3) is 0.182. The van der Waals surface area contributed by atoms with Gasteiger partial charge in [0.1, 0.15) is 5.02 Å². The molecule has 0 bridgehead atoms. The second kappa shape index (κ2) is 6.11. The summed E-state index contributed by atoms with van der Waals surface area (Å²) in [5.74, 6) is 0.0947. The summed E-state index contributed by atoms with van der Waals surface area (Å²) < 4.78 is 4.55. The maximum Gasteiger partial charge on any atom is 0.287 e. The summed E-state index contributed by atoms with van der Waals surface area (Å²) in [6, 6.07) is 3.79. The van der Waals surface area contributed by atoms with Crippen LogP contribution in [0.15, 0.2) is 29.1 Å². The van der Waals surface area contributed by atoms with E-state index in [1.54, 1.807) is 0 Å². The van der Waals surface area contributed by atoms with Gasteiger partial charge in [0, 0.05) is 24.6 Å². The van der Waals surface area contributed by atoms with E-state index in [1.807, 2.05) is 0 Å². The number of nitrogens with one attached hydrogen (secondary N) is 1. The van der Waals surface area contributed by atoms with Crippen molar-refractivity contribution in [2.45, 2.75) is 6.42 Å². The third kappa shape index (κ3) is 3.29. The molecule has 2 aromatic rings. The first-order chi connectivity index (χ1) is 9.58. The van der Waals surface area contributed by atoms with Gasteiger partial charge in [0.05, 0.1) is 4.92 Å². The van der Waals surface area contributed by atoms with E-state index in [4.69, 9.17) is 11.6 Å². The number of carbonyl (C=O) groups excluding carboxylic acids is 1. The van der Waals surface area contributed by atoms with Gasteiger partial charge in [0.2, 0.25) is 6.39 Å². The monoisotopic (exact) mass is 296 g/mol.